The summed E-state index contributed by atoms with van der Waals surface area (Å²) >= 11 is 0. The molecular formula is C12H16F3NO2. The van der Waals surface area contributed by atoms with Crippen molar-refractivity contribution in [3.8, 4) is 11.5 Å². The second-order valence-electron chi connectivity index (χ2n) is 3.83. The third-order valence-corrected chi connectivity index (χ3v) is 2.52. The molecule has 0 aliphatic rings. The molecule has 1 aromatic rings. The molecular weight excluding hydrogens is 247 g/mol. The number of halogens is 3. The van der Waals surface area contributed by atoms with Crippen molar-refractivity contribution < 1.29 is 22.6 Å². The van der Waals surface area contributed by atoms with Gasteiger partial charge in [0.25, 0.3) is 0 Å². The van der Waals surface area contributed by atoms with Gasteiger partial charge in [-0.3, -0.25) is 0 Å². The summed E-state index contributed by atoms with van der Waals surface area (Å²) in [5, 5.41) is 2.41. The maximum atomic E-state index is 12.1. The van der Waals surface area contributed by atoms with Gasteiger partial charge in [-0.15, -0.1) is 0 Å². The van der Waals surface area contributed by atoms with Crippen LogP contribution in [0.2, 0.25) is 0 Å². The zero-order valence-corrected chi connectivity index (χ0v) is 10.5. The molecule has 0 aliphatic heterocycles. The first kappa shape index (κ1) is 14.6. The van der Waals surface area contributed by atoms with Crippen LogP contribution in [0.15, 0.2) is 18.2 Å². The summed E-state index contributed by atoms with van der Waals surface area (Å²) in [4.78, 5) is 0. The lowest BCUT2D eigenvalue weighted by atomic mass is 10.1. The van der Waals surface area contributed by atoms with Crippen LogP contribution in [0.25, 0.3) is 0 Å². The first-order valence-corrected chi connectivity index (χ1v) is 5.39. The fraction of sp³-hybridized carbons (Fsp3) is 0.500. The molecule has 1 unspecified atom stereocenters. The van der Waals surface area contributed by atoms with Gasteiger partial charge in [-0.2, -0.15) is 13.2 Å². The Labute approximate surface area is 104 Å². The van der Waals surface area contributed by atoms with E-state index in [2.05, 4.69) is 5.32 Å². The van der Waals surface area contributed by atoms with E-state index in [1.807, 2.05) is 0 Å². The van der Waals surface area contributed by atoms with E-state index in [0.717, 1.165) is 0 Å². The van der Waals surface area contributed by atoms with E-state index >= 15 is 0 Å². The van der Waals surface area contributed by atoms with E-state index in [-0.39, 0.29) is 0 Å². The summed E-state index contributed by atoms with van der Waals surface area (Å²) in [6.07, 6.45) is -4.23. The Morgan fingerprint density at radius 2 is 1.89 bits per heavy atom. The van der Waals surface area contributed by atoms with Crippen LogP contribution in [0, 0.1) is 0 Å². The molecule has 0 aliphatic carbocycles. The number of methoxy groups -OCH3 is 2. The van der Waals surface area contributed by atoms with Crippen LogP contribution in [-0.2, 0) is 0 Å². The van der Waals surface area contributed by atoms with Crippen molar-refractivity contribution in [1.82, 2.24) is 5.32 Å². The van der Waals surface area contributed by atoms with Gasteiger partial charge >= 0.3 is 6.18 Å². The average Bonchev–Trinajstić information content (AvgIpc) is 2.34. The van der Waals surface area contributed by atoms with Crippen molar-refractivity contribution in [3.63, 3.8) is 0 Å². The number of ether oxygens (including phenoxy) is 2. The monoisotopic (exact) mass is 263 g/mol. The molecule has 102 valence electrons. The maximum absolute atomic E-state index is 12.1. The molecule has 1 rings (SSSR count). The number of hydrogen-bond acceptors (Lipinski definition) is 3. The normalized spacial score (nSPS) is 13.2. The van der Waals surface area contributed by atoms with Crippen molar-refractivity contribution in [2.24, 2.45) is 0 Å². The third-order valence-electron chi connectivity index (χ3n) is 2.52. The van der Waals surface area contributed by atoms with Gasteiger partial charge in [0.15, 0.2) is 0 Å². The van der Waals surface area contributed by atoms with E-state index in [0.29, 0.717) is 17.1 Å². The SMILES string of the molecule is COc1ccc(C(C)NCC(F)(F)F)c(OC)c1. The van der Waals surface area contributed by atoms with Crippen molar-refractivity contribution >= 4 is 0 Å². The molecule has 0 bridgehead atoms. The first-order chi connectivity index (χ1) is 8.37. The Morgan fingerprint density at radius 1 is 1.22 bits per heavy atom. The van der Waals surface area contributed by atoms with E-state index in [9.17, 15) is 13.2 Å². The molecule has 0 fully saturated rings. The van der Waals surface area contributed by atoms with Gasteiger partial charge in [0.2, 0.25) is 0 Å². The topological polar surface area (TPSA) is 30.5 Å². The van der Waals surface area contributed by atoms with Gasteiger partial charge in [0.05, 0.1) is 20.8 Å². The number of nitrogens with one attached hydrogen (secondary N) is 1. The molecule has 0 spiro atoms. The maximum Gasteiger partial charge on any atom is 0.401 e. The summed E-state index contributed by atoms with van der Waals surface area (Å²) in [5.41, 5.74) is 0.655. The van der Waals surface area contributed by atoms with Crippen LogP contribution >= 0.6 is 0 Å². The lowest BCUT2D eigenvalue weighted by Gasteiger charge is -2.18. The Morgan fingerprint density at radius 3 is 2.39 bits per heavy atom. The molecule has 0 amide bonds. The molecule has 1 aromatic carbocycles. The molecule has 3 nitrogen and oxygen atoms in total. The average molecular weight is 263 g/mol. The minimum absolute atomic E-state index is 0.465. The van der Waals surface area contributed by atoms with Crippen molar-refractivity contribution in [1.29, 1.82) is 0 Å². The van der Waals surface area contributed by atoms with E-state index in [1.165, 1.54) is 14.2 Å². The smallest absolute Gasteiger partial charge is 0.401 e. The molecule has 0 saturated carbocycles. The van der Waals surface area contributed by atoms with Crippen LogP contribution in [-0.4, -0.2) is 26.9 Å². The number of benzene rings is 1. The summed E-state index contributed by atoms with van der Waals surface area (Å²) in [5.74, 6) is 1.09. The van der Waals surface area contributed by atoms with Crippen molar-refractivity contribution in [2.45, 2.75) is 19.1 Å². The fourth-order valence-corrected chi connectivity index (χ4v) is 1.55. The predicted octanol–water partition coefficient (Wildman–Crippen LogP) is 2.92. The van der Waals surface area contributed by atoms with E-state index in [4.69, 9.17) is 9.47 Å². The number of hydrogen-bond donors (Lipinski definition) is 1. The van der Waals surface area contributed by atoms with Crippen LogP contribution in [0.3, 0.4) is 0 Å². The lowest BCUT2D eigenvalue weighted by molar-refractivity contribution is -0.126. The standard InChI is InChI=1S/C12H16F3NO2/c1-8(16-7-12(13,14)15)10-5-4-9(17-2)6-11(10)18-3/h4-6,8,16H,7H2,1-3H3. The quantitative estimate of drug-likeness (QED) is 0.886. The third kappa shape index (κ3) is 4.10. The second-order valence-corrected chi connectivity index (χ2v) is 3.83. The van der Waals surface area contributed by atoms with Crippen molar-refractivity contribution in [2.75, 3.05) is 20.8 Å². The Kier molecular flexibility index (Phi) is 4.84. The van der Waals surface area contributed by atoms with Crippen LogP contribution < -0.4 is 14.8 Å². The number of alkyl halides is 3. The zero-order chi connectivity index (χ0) is 13.8. The summed E-state index contributed by atoms with van der Waals surface area (Å²) in [6, 6.07) is 4.55. The Hall–Kier alpha value is -1.43. The lowest BCUT2D eigenvalue weighted by Crippen LogP contribution is -2.31. The van der Waals surface area contributed by atoms with Crippen molar-refractivity contribution in [3.05, 3.63) is 23.8 Å². The van der Waals surface area contributed by atoms with Gasteiger partial charge in [-0.1, -0.05) is 6.07 Å². The van der Waals surface area contributed by atoms with Gasteiger partial charge in [-0.25, -0.2) is 0 Å². The highest BCUT2D eigenvalue weighted by atomic mass is 19.4. The molecule has 0 aromatic heterocycles. The van der Waals surface area contributed by atoms with Crippen LogP contribution in [0.1, 0.15) is 18.5 Å². The predicted molar refractivity (Wildman–Crippen MR) is 62.0 cm³/mol. The van der Waals surface area contributed by atoms with Gasteiger partial charge < -0.3 is 14.8 Å². The fourth-order valence-electron chi connectivity index (χ4n) is 1.55. The molecule has 0 saturated heterocycles. The summed E-state index contributed by atoms with van der Waals surface area (Å²) in [6.45, 7) is 0.611. The minimum Gasteiger partial charge on any atom is -0.497 e. The highest BCUT2D eigenvalue weighted by molar-refractivity contribution is 5.42. The van der Waals surface area contributed by atoms with Gasteiger partial charge in [0, 0.05) is 17.7 Å². The Bertz CT molecular complexity index is 393. The van der Waals surface area contributed by atoms with E-state index in [1.54, 1.807) is 25.1 Å². The van der Waals surface area contributed by atoms with Crippen LogP contribution in [0.4, 0.5) is 13.2 Å². The Balaban J connectivity index is 2.81. The first-order valence-electron chi connectivity index (χ1n) is 5.39. The zero-order valence-electron chi connectivity index (χ0n) is 10.5. The molecule has 0 heterocycles. The summed E-state index contributed by atoms with van der Waals surface area (Å²) < 4.78 is 46.5. The minimum atomic E-state index is -4.23. The van der Waals surface area contributed by atoms with E-state index < -0.39 is 18.8 Å². The molecule has 18 heavy (non-hydrogen) atoms. The van der Waals surface area contributed by atoms with Gasteiger partial charge in [0.1, 0.15) is 11.5 Å². The van der Waals surface area contributed by atoms with Crippen LogP contribution in [0.5, 0.6) is 11.5 Å². The van der Waals surface area contributed by atoms with Gasteiger partial charge in [-0.05, 0) is 13.0 Å². The molecule has 1 N–H and O–H groups in total. The second kappa shape index (κ2) is 5.95. The molecule has 1 atom stereocenters. The number of rotatable bonds is 5. The largest absolute Gasteiger partial charge is 0.497 e. The highest BCUT2D eigenvalue weighted by Gasteiger charge is 2.28. The molecule has 0 radical (unpaired) electrons. The molecule has 6 heteroatoms. The highest BCUT2D eigenvalue weighted by Crippen LogP contribution is 2.29. The summed E-state index contributed by atoms with van der Waals surface area (Å²) in [7, 11) is 2.98.